The van der Waals surface area contributed by atoms with Gasteiger partial charge in [-0.15, -0.1) is 0 Å². The fourth-order valence-electron chi connectivity index (χ4n) is 4.27. The number of aromatic nitrogens is 2. The molecule has 1 N–H and O–H groups in total. The number of hydrogen-bond acceptors (Lipinski definition) is 5. The number of nitrogens with zero attached hydrogens (tertiary/aromatic N) is 4. The van der Waals surface area contributed by atoms with Crippen LogP contribution >= 0.6 is 0 Å². The Hall–Kier alpha value is -1.20. The summed E-state index contributed by atoms with van der Waals surface area (Å²) in [6.07, 6.45) is 7.06. The van der Waals surface area contributed by atoms with Gasteiger partial charge in [0, 0.05) is 38.9 Å². The third kappa shape index (κ3) is 2.77. The Kier molecular flexibility index (Phi) is 3.26. The van der Waals surface area contributed by atoms with Crippen LogP contribution in [0.1, 0.15) is 20.6 Å². The van der Waals surface area contributed by atoms with Crippen molar-refractivity contribution in [3.05, 3.63) is 18.6 Å². The molecule has 0 saturated carbocycles. The zero-order chi connectivity index (χ0) is 15.0. The third-order valence-corrected chi connectivity index (χ3v) is 5.40. The van der Waals surface area contributed by atoms with Crippen LogP contribution in [-0.4, -0.2) is 60.7 Å². The molecule has 0 aliphatic carbocycles. The first kappa shape index (κ1) is 12.4. The minimum absolute atomic E-state index is 0.445. The second-order valence-corrected chi connectivity index (χ2v) is 7.01. The first-order valence-electron chi connectivity index (χ1n) is 8.69. The number of hydrogen-bond donors (Lipinski definition) is 1. The van der Waals surface area contributed by atoms with Crippen molar-refractivity contribution in [1.82, 2.24) is 20.2 Å². The summed E-state index contributed by atoms with van der Waals surface area (Å²) in [5.74, 6) is 1.52. The molecule has 1 aromatic heterocycles. The summed E-state index contributed by atoms with van der Waals surface area (Å²) in [6.45, 7) is 8.26. The van der Waals surface area contributed by atoms with E-state index in [4.69, 9.17) is 1.37 Å². The van der Waals surface area contributed by atoms with Gasteiger partial charge in [0.05, 0.1) is 1.37 Å². The van der Waals surface area contributed by atoms with E-state index in [1.807, 2.05) is 0 Å². The van der Waals surface area contributed by atoms with Gasteiger partial charge in [-0.25, -0.2) is 9.97 Å². The van der Waals surface area contributed by atoms with Crippen LogP contribution in [0.5, 0.6) is 0 Å². The molecule has 4 heterocycles. The van der Waals surface area contributed by atoms with E-state index in [1.54, 1.807) is 12.5 Å². The van der Waals surface area contributed by atoms with Gasteiger partial charge in [0.25, 0.3) is 0 Å². The summed E-state index contributed by atoms with van der Waals surface area (Å²) in [7, 11) is 0. The molecule has 1 atom stereocenters. The summed E-state index contributed by atoms with van der Waals surface area (Å²) >= 11 is 0. The quantitative estimate of drug-likeness (QED) is 0.898. The molecule has 0 aromatic carbocycles. The molecular weight excluding hydrogens is 262 g/mol. The summed E-state index contributed by atoms with van der Waals surface area (Å²) < 4.78 is 7.94. The van der Waals surface area contributed by atoms with Crippen molar-refractivity contribution < 1.29 is 1.37 Å². The SMILES string of the molecule is [2H]c1cncnc1N1CCC(CN2CC3(CCNCC3)C2)C1. The monoisotopic (exact) mass is 288 g/mol. The lowest BCUT2D eigenvalue weighted by atomic mass is 9.72. The van der Waals surface area contributed by atoms with E-state index >= 15 is 0 Å². The summed E-state index contributed by atoms with van der Waals surface area (Å²) in [5.41, 5.74) is 0.630. The molecule has 21 heavy (non-hydrogen) atoms. The van der Waals surface area contributed by atoms with Gasteiger partial charge in [-0.2, -0.15) is 0 Å². The number of rotatable bonds is 3. The van der Waals surface area contributed by atoms with Gasteiger partial charge in [0.1, 0.15) is 12.1 Å². The number of likely N-dealkylation sites (tertiary alicyclic amines) is 1. The topological polar surface area (TPSA) is 44.3 Å². The zero-order valence-electron chi connectivity index (χ0n) is 13.6. The normalized spacial score (nSPS) is 29.4. The molecule has 3 fully saturated rings. The molecule has 114 valence electrons. The molecule has 1 unspecified atom stereocenters. The highest BCUT2D eigenvalue weighted by molar-refractivity contribution is 5.37. The van der Waals surface area contributed by atoms with Crippen molar-refractivity contribution in [2.24, 2.45) is 11.3 Å². The lowest BCUT2D eigenvalue weighted by molar-refractivity contribution is -0.0298. The Balaban J connectivity index is 1.29. The van der Waals surface area contributed by atoms with Crippen LogP contribution in [0.2, 0.25) is 0 Å². The van der Waals surface area contributed by atoms with Crippen molar-refractivity contribution in [3.8, 4) is 0 Å². The van der Waals surface area contributed by atoms with Crippen molar-refractivity contribution in [1.29, 1.82) is 0 Å². The van der Waals surface area contributed by atoms with E-state index in [0.29, 0.717) is 17.4 Å². The molecule has 0 bridgehead atoms. The van der Waals surface area contributed by atoms with Crippen molar-refractivity contribution in [3.63, 3.8) is 0 Å². The Labute approximate surface area is 128 Å². The number of anilines is 1. The smallest absolute Gasteiger partial charge is 0.131 e. The Morgan fingerprint density at radius 2 is 2.24 bits per heavy atom. The van der Waals surface area contributed by atoms with Crippen molar-refractivity contribution in [2.45, 2.75) is 19.3 Å². The van der Waals surface area contributed by atoms with E-state index in [2.05, 4.69) is 25.1 Å². The molecule has 0 amide bonds. The van der Waals surface area contributed by atoms with Gasteiger partial charge < -0.3 is 15.1 Å². The molecule has 0 radical (unpaired) electrons. The fourth-order valence-corrected chi connectivity index (χ4v) is 4.27. The van der Waals surface area contributed by atoms with Crippen LogP contribution in [0.3, 0.4) is 0 Å². The Bertz CT molecular complexity index is 523. The van der Waals surface area contributed by atoms with Crippen LogP contribution in [0.4, 0.5) is 5.82 Å². The second-order valence-electron chi connectivity index (χ2n) is 7.01. The second kappa shape index (κ2) is 5.54. The molecule has 5 nitrogen and oxygen atoms in total. The van der Waals surface area contributed by atoms with E-state index in [-0.39, 0.29) is 0 Å². The van der Waals surface area contributed by atoms with Crippen molar-refractivity contribution in [2.75, 3.05) is 50.7 Å². The maximum Gasteiger partial charge on any atom is 0.131 e. The molecule has 3 saturated heterocycles. The van der Waals surface area contributed by atoms with E-state index in [0.717, 1.165) is 18.9 Å². The van der Waals surface area contributed by atoms with Crippen LogP contribution in [-0.2, 0) is 0 Å². The lowest BCUT2D eigenvalue weighted by Crippen LogP contribution is -2.60. The standard InChI is InChI=1S/C16H25N5/c1-5-18-13-19-15(1)21-8-2-14(10-21)9-20-11-16(12-20)3-6-17-7-4-16/h1,5,13-14,17H,2-4,6-12H2/i1D. The molecule has 1 aromatic rings. The van der Waals surface area contributed by atoms with Gasteiger partial charge in [-0.05, 0) is 49.7 Å². The van der Waals surface area contributed by atoms with Gasteiger partial charge in [0.2, 0.25) is 0 Å². The van der Waals surface area contributed by atoms with Crippen LogP contribution in [0.25, 0.3) is 0 Å². The predicted molar refractivity (Wildman–Crippen MR) is 83.3 cm³/mol. The Morgan fingerprint density at radius 1 is 1.38 bits per heavy atom. The first-order valence-corrected chi connectivity index (χ1v) is 8.19. The average Bonchev–Trinajstić information content (AvgIpc) is 2.96. The van der Waals surface area contributed by atoms with E-state index in [9.17, 15) is 0 Å². The predicted octanol–water partition coefficient (Wildman–Crippen LogP) is 0.988. The highest BCUT2D eigenvalue weighted by Gasteiger charge is 2.44. The first-order chi connectivity index (χ1) is 10.7. The largest absolute Gasteiger partial charge is 0.356 e. The molecule has 1 spiro atoms. The van der Waals surface area contributed by atoms with E-state index < -0.39 is 0 Å². The molecule has 3 aliphatic rings. The lowest BCUT2D eigenvalue weighted by Gasteiger charge is -2.53. The van der Waals surface area contributed by atoms with Crippen LogP contribution < -0.4 is 10.2 Å². The molecular formula is C16H25N5. The maximum atomic E-state index is 7.94. The third-order valence-electron chi connectivity index (χ3n) is 5.40. The Morgan fingerprint density at radius 3 is 3.05 bits per heavy atom. The average molecular weight is 288 g/mol. The minimum Gasteiger partial charge on any atom is -0.356 e. The summed E-state index contributed by atoms with van der Waals surface area (Å²) in [5, 5.41) is 3.47. The number of nitrogens with one attached hydrogen (secondary N) is 1. The van der Waals surface area contributed by atoms with Gasteiger partial charge in [-0.1, -0.05) is 0 Å². The van der Waals surface area contributed by atoms with E-state index in [1.165, 1.54) is 52.0 Å². The highest BCUT2D eigenvalue weighted by Crippen LogP contribution is 2.39. The maximum absolute atomic E-state index is 7.94. The molecule has 5 heteroatoms. The van der Waals surface area contributed by atoms with Gasteiger partial charge in [-0.3, -0.25) is 0 Å². The minimum atomic E-state index is 0.445. The van der Waals surface area contributed by atoms with Crippen LogP contribution in [0, 0.1) is 11.3 Å². The van der Waals surface area contributed by atoms with Crippen molar-refractivity contribution >= 4 is 5.82 Å². The van der Waals surface area contributed by atoms with Gasteiger partial charge in [0.15, 0.2) is 0 Å². The van der Waals surface area contributed by atoms with Crippen LogP contribution in [0.15, 0.2) is 18.6 Å². The zero-order valence-corrected chi connectivity index (χ0v) is 12.6. The summed E-state index contributed by atoms with van der Waals surface area (Å²) in [6, 6.07) is 0.445. The molecule has 4 rings (SSSR count). The van der Waals surface area contributed by atoms with Gasteiger partial charge >= 0.3 is 0 Å². The molecule has 3 aliphatic heterocycles. The fraction of sp³-hybridized carbons (Fsp3) is 0.750. The summed E-state index contributed by atoms with van der Waals surface area (Å²) in [4.78, 5) is 13.1. The number of piperidine rings is 1. The highest BCUT2D eigenvalue weighted by atomic mass is 15.2.